The molecule has 0 radical (unpaired) electrons. The van der Waals surface area contributed by atoms with Crippen LogP contribution in [0.4, 0.5) is 5.69 Å². The SMILES string of the molecule is Cc1ccn2c(=O)c(NC(=O)c3ccccc3)cnc2c1. The van der Waals surface area contributed by atoms with E-state index >= 15 is 0 Å². The highest BCUT2D eigenvalue weighted by molar-refractivity contribution is 6.04. The molecule has 104 valence electrons. The fourth-order valence-electron chi connectivity index (χ4n) is 2.05. The summed E-state index contributed by atoms with van der Waals surface area (Å²) in [6, 6.07) is 12.4. The summed E-state index contributed by atoms with van der Waals surface area (Å²) in [6.07, 6.45) is 3.04. The van der Waals surface area contributed by atoms with E-state index in [9.17, 15) is 9.59 Å². The lowest BCUT2D eigenvalue weighted by molar-refractivity contribution is 0.102. The van der Waals surface area contributed by atoms with Crippen LogP contribution in [0.1, 0.15) is 15.9 Å². The maximum absolute atomic E-state index is 12.3. The van der Waals surface area contributed by atoms with Crippen molar-refractivity contribution in [3.8, 4) is 0 Å². The number of carbonyl (C=O) groups is 1. The molecular weight excluding hydrogens is 266 g/mol. The second-order valence-corrected chi connectivity index (χ2v) is 4.73. The number of nitrogens with one attached hydrogen (secondary N) is 1. The maximum Gasteiger partial charge on any atom is 0.281 e. The Hall–Kier alpha value is -2.95. The lowest BCUT2D eigenvalue weighted by Crippen LogP contribution is -2.23. The number of pyridine rings is 1. The number of carbonyl (C=O) groups excluding carboxylic acids is 1. The number of rotatable bonds is 2. The van der Waals surface area contributed by atoms with E-state index in [4.69, 9.17) is 0 Å². The van der Waals surface area contributed by atoms with E-state index in [1.807, 2.05) is 25.1 Å². The lowest BCUT2D eigenvalue weighted by Gasteiger charge is -2.06. The van der Waals surface area contributed by atoms with Crippen LogP contribution in [0, 0.1) is 6.92 Å². The van der Waals surface area contributed by atoms with Gasteiger partial charge in [-0.05, 0) is 36.8 Å². The molecule has 1 N–H and O–H groups in total. The minimum Gasteiger partial charge on any atom is -0.316 e. The summed E-state index contributed by atoms with van der Waals surface area (Å²) in [5.74, 6) is -0.332. The number of hydrogen-bond acceptors (Lipinski definition) is 3. The monoisotopic (exact) mass is 279 g/mol. The largest absolute Gasteiger partial charge is 0.316 e. The van der Waals surface area contributed by atoms with Crippen molar-refractivity contribution in [3.05, 3.63) is 76.3 Å². The number of fused-ring (bicyclic) bond motifs is 1. The Kier molecular flexibility index (Phi) is 3.23. The molecule has 3 rings (SSSR count). The van der Waals surface area contributed by atoms with Crippen molar-refractivity contribution in [1.82, 2.24) is 9.38 Å². The van der Waals surface area contributed by atoms with Crippen molar-refractivity contribution in [3.63, 3.8) is 0 Å². The first kappa shape index (κ1) is 13.1. The van der Waals surface area contributed by atoms with Crippen LogP contribution in [0.5, 0.6) is 0 Å². The molecule has 0 aliphatic heterocycles. The summed E-state index contributed by atoms with van der Waals surface area (Å²) in [5, 5.41) is 2.60. The number of amides is 1. The molecule has 5 heteroatoms. The summed E-state index contributed by atoms with van der Waals surface area (Å²) in [6.45, 7) is 1.93. The van der Waals surface area contributed by atoms with Crippen LogP contribution in [-0.2, 0) is 0 Å². The topological polar surface area (TPSA) is 63.5 Å². The number of benzene rings is 1. The summed E-state index contributed by atoms with van der Waals surface area (Å²) in [7, 11) is 0. The second-order valence-electron chi connectivity index (χ2n) is 4.73. The van der Waals surface area contributed by atoms with E-state index in [1.165, 1.54) is 10.6 Å². The van der Waals surface area contributed by atoms with Gasteiger partial charge in [-0.1, -0.05) is 18.2 Å². The highest BCUT2D eigenvalue weighted by atomic mass is 16.2. The molecule has 0 bridgehead atoms. The molecule has 1 aromatic carbocycles. The van der Waals surface area contributed by atoms with Crippen LogP contribution < -0.4 is 10.9 Å². The van der Waals surface area contributed by atoms with Gasteiger partial charge in [0.05, 0.1) is 6.20 Å². The third-order valence-corrected chi connectivity index (χ3v) is 3.15. The predicted octanol–water partition coefficient (Wildman–Crippen LogP) is 2.26. The first-order valence-electron chi connectivity index (χ1n) is 6.49. The number of hydrogen-bond donors (Lipinski definition) is 1. The molecule has 0 aliphatic carbocycles. The Labute approximate surface area is 120 Å². The molecule has 5 nitrogen and oxygen atoms in total. The average molecular weight is 279 g/mol. The highest BCUT2D eigenvalue weighted by Crippen LogP contribution is 2.07. The van der Waals surface area contributed by atoms with E-state index in [0.717, 1.165) is 5.56 Å². The van der Waals surface area contributed by atoms with Gasteiger partial charge in [-0.25, -0.2) is 4.98 Å². The van der Waals surface area contributed by atoms with Crippen LogP contribution in [0.15, 0.2) is 59.7 Å². The zero-order valence-corrected chi connectivity index (χ0v) is 11.4. The van der Waals surface area contributed by atoms with Crippen LogP contribution in [-0.4, -0.2) is 15.3 Å². The number of aromatic nitrogens is 2. The summed E-state index contributed by atoms with van der Waals surface area (Å²) in [4.78, 5) is 28.6. The van der Waals surface area contributed by atoms with E-state index in [-0.39, 0.29) is 17.2 Å². The van der Waals surface area contributed by atoms with Gasteiger partial charge >= 0.3 is 0 Å². The molecule has 0 fully saturated rings. The Balaban J connectivity index is 1.98. The van der Waals surface area contributed by atoms with E-state index in [2.05, 4.69) is 10.3 Å². The molecule has 0 saturated carbocycles. The third-order valence-electron chi connectivity index (χ3n) is 3.15. The average Bonchev–Trinajstić information content (AvgIpc) is 2.51. The summed E-state index contributed by atoms with van der Waals surface area (Å²) < 4.78 is 1.41. The van der Waals surface area contributed by atoms with E-state index in [0.29, 0.717) is 11.2 Å². The second kappa shape index (κ2) is 5.20. The molecule has 2 aromatic heterocycles. The standard InChI is InChI=1S/C16H13N3O2/c1-11-7-8-19-14(9-11)17-10-13(16(19)21)18-15(20)12-5-3-2-4-6-12/h2-10H,1H3,(H,18,20). The van der Waals surface area contributed by atoms with Gasteiger partial charge in [0.2, 0.25) is 0 Å². The Bertz CT molecular complexity index is 870. The highest BCUT2D eigenvalue weighted by Gasteiger charge is 2.10. The zero-order chi connectivity index (χ0) is 14.8. The molecule has 1 amide bonds. The fourth-order valence-corrected chi connectivity index (χ4v) is 2.05. The van der Waals surface area contributed by atoms with Crippen molar-refractivity contribution in [2.45, 2.75) is 6.92 Å². The van der Waals surface area contributed by atoms with Crippen LogP contribution in [0.3, 0.4) is 0 Å². The number of nitrogens with zero attached hydrogens (tertiary/aromatic N) is 2. The molecule has 0 aliphatic rings. The van der Waals surface area contributed by atoms with Gasteiger partial charge in [-0.2, -0.15) is 0 Å². The van der Waals surface area contributed by atoms with Crippen LogP contribution in [0.2, 0.25) is 0 Å². The third kappa shape index (κ3) is 2.53. The fraction of sp³-hybridized carbons (Fsp3) is 0.0625. The first-order valence-corrected chi connectivity index (χ1v) is 6.49. The van der Waals surface area contributed by atoms with Gasteiger partial charge in [0, 0.05) is 11.8 Å². The molecule has 2 heterocycles. The molecule has 21 heavy (non-hydrogen) atoms. The molecule has 3 aromatic rings. The van der Waals surface area contributed by atoms with E-state index in [1.54, 1.807) is 30.5 Å². The van der Waals surface area contributed by atoms with Gasteiger partial charge in [0.15, 0.2) is 0 Å². The predicted molar refractivity (Wildman–Crippen MR) is 80.6 cm³/mol. The minimum atomic E-state index is -0.332. The minimum absolute atomic E-state index is 0.158. The maximum atomic E-state index is 12.3. The van der Waals surface area contributed by atoms with Gasteiger partial charge < -0.3 is 5.32 Å². The quantitative estimate of drug-likeness (QED) is 0.782. The molecule has 0 spiro atoms. The zero-order valence-electron chi connectivity index (χ0n) is 11.4. The molecule has 0 unspecified atom stereocenters. The lowest BCUT2D eigenvalue weighted by atomic mass is 10.2. The van der Waals surface area contributed by atoms with Crippen molar-refractivity contribution >= 4 is 17.2 Å². The van der Waals surface area contributed by atoms with E-state index < -0.39 is 0 Å². The van der Waals surface area contributed by atoms with Crippen molar-refractivity contribution in [2.75, 3.05) is 5.32 Å². The first-order chi connectivity index (χ1) is 10.1. The molecule has 0 atom stereocenters. The molecule has 0 saturated heterocycles. The van der Waals surface area contributed by atoms with Gasteiger partial charge in [-0.15, -0.1) is 0 Å². The van der Waals surface area contributed by atoms with Crippen LogP contribution in [0.25, 0.3) is 5.65 Å². The van der Waals surface area contributed by atoms with Crippen LogP contribution >= 0.6 is 0 Å². The number of anilines is 1. The van der Waals surface area contributed by atoms with Crippen molar-refractivity contribution < 1.29 is 4.79 Å². The van der Waals surface area contributed by atoms with Gasteiger partial charge in [0.1, 0.15) is 11.3 Å². The van der Waals surface area contributed by atoms with Crippen molar-refractivity contribution in [1.29, 1.82) is 0 Å². The Morgan fingerprint density at radius 3 is 2.71 bits per heavy atom. The Morgan fingerprint density at radius 2 is 1.95 bits per heavy atom. The smallest absolute Gasteiger partial charge is 0.281 e. The normalized spacial score (nSPS) is 10.5. The summed E-state index contributed by atoms with van der Waals surface area (Å²) >= 11 is 0. The van der Waals surface area contributed by atoms with Gasteiger partial charge in [0.25, 0.3) is 11.5 Å². The van der Waals surface area contributed by atoms with Gasteiger partial charge in [-0.3, -0.25) is 14.0 Å². The molecular formula is C16H13N3O2. The summed E-state index contributed by atoms with van der Waals surface area (Å²) in [5.41, 5.74) is 1.92. The Morgan fingerprint density at radius 1 is 1.19 bits per heavy atom. The number of aryl methyl sites for hydroxylation is 1. The van der Waals surface area contributed by atoms with Crippen molar-refractivity contribution in [2.24, 2.45) is 0 Å².